The predicted molar refractivity (Wildman–Crippen MR) is 42.0 cm³/mol. The van der Waals surface area contributed by atoms with E-state index in [4.69, 9.17) is 15.5 Å². The van der Waals surface area contributed by atoms with E-state index in [1.165, 1.54) is 6.92 Å². The molecule has 0 saturated carbocycles. The van der Waals surface area contributed by atoms with Gasteiger partial charge in [0.15, 0.2) is 0 Å². The molecule has 0 aromatic rings. The topological polar surface area (TPSA) is 81.3 Å². The number of aliphatic hydroxyl groups is 1. The first kappa shape index (κ1) is 16.5. The molecule has 0 spiro atoms. The maximum Gasteiger partial charge on any atom is 0.303 e. The van der Waals surface area contributed by atoms with Gasteiger partial charge in [0.1, 0.15) is 0 Å². The van der Waals surface area contributed by atoms with Crippen LogP contribution in [0.2, 0.25) is 0 Å². The molecular formula is C7H15NO3. The lowest BCUT2D eigenvalue weighted by Crippen LogP contribution is -1.90. The highest BCUT2D eigenvalue weighted by Gasteiger charge is 1.87. The third kappa shape index (κ3) is 116. The Morgan fingerprint density at radius 1 is 1.55 bits per heavy atom. The van der Waals surface area contributed by atoms with Crippen molar-refractivity contribution in [2.45, 2.75) is 26.7 Å². The SMILES string of the molecule is CC#N.CCCC(=O)O.CO. The average molecular weight is 161 g/mol. The van der Waals surface area contributed by atoms with Gasteiger partial charge in [-0.2, -0.15) is 5.26 Å². The molecule has 0 amide bonds. The Kier molecular flexibility index (Phi) is 34.6. The first-order valence-electron chi connectivity index (χ1n) is 3.16. The number of hydrogen-bond acceptors (Lipinski definition) is 3. The molecule has 0 bridgehead atoms. The van der Waals surface area contributed by atoms with Crippen molar-refractivity contribution in [1.29, 1.82) is 5.26 Å². The summed E-state index contributed by atoms with van der Waals surface area (Å²) in [5, 5.41) is 22.2. The molecule has 66 valence electrons. The largest absolute Gasteiger partial charge is 0.481 e. The van der Waals surface area contributed by atoms with Crippen LogP contribution in [0.4, 0.5) is 0 Å². The van der Waals surface area contributed by atoms with Crippen molar-refractivity contribution < 1.29 is 15.0 Å². The summed E-state index contributed by atoms with van der Waals surface area (Å²) < 4.78 is 0. The van der Waals surface area contributed by atoms with Gasteiger partial charge in [-0.3, -0.25) is 4.79 Å². The van der Waals surface area contributed by atoms with E-state index in [1.54, 1.807) is 6.07 Å². The van der Waals surface area contributed by atoms with E-state index < -0.39 is 5.97 Å². The van der Waals surface area contributed by atoms with E-state index >= 15 is 0 Å². The Morgan fingerprint density at radius 2 is 1.82 bits per heavy atom. The third-order valence-electron chi connectivity index (χ3n) is 0.464. The van der Waals surface area contributed by atoms with Gasteiger partial charge in [0.2, 0.25) is 0 Å². The van der Waals surface area contributed by atoms with Crippen LogP contribution in [0, 0.1) is 11.3 Å². The number of hydrogen-bond donors (Lipinski definition) is 2. The molecule has 11 heavy (non-hydrogen) atoms. The highest BCUT2D eigenvalue weighted by Crippen LogP contribution is 1.82. The van der Waals surface area contributed by atoms with E-state index in [2.05, 4.69) is 0 Å². The Labute approximate surface area is 67.1 Å². The van der Waals surface area contributed by atoms with Crippen LogP contribution in [0.1, 0.15) is 26.7 Å². The molecule has 2 N–H and O–H groups in total. The minimum Gasteiger partial charge on any atom is -0.481 e. The first-order valence-corrected chi connectivity index (χ1v) is 3.16. The van der Waals surface area contributed by atoms with Crippen molar-refractivity contribution in [3.63, 3.8) is 0 Å². The summed E-state index contributed by atoms with van der Waals surface area (Å²) >= 11 is 0. The fourth-order valence-corrected chi connectivity index (χ4v) is 0.214. The van der Waals surface area contributed by atoms with Crippen molar-refractivity contribution >= 4 is 5.97 Å². The van der Waals surface area contributed by atoms with Crippen LogP contribution >= 0.6 is 0 Å². The molecule has 0 aliphatic rings. The minimum absolute atomic E-state index is 0.292. The number of aliphatic hydroxyl groups excluding tert-OH is 1. The van der Waals surface area contributed by atoms with Crippen LogP contribution in [0.5, 0.6) is 0 Å². The number of rotatable bonds is 2. The zero-order valence-electron chi connectivity index (χ0n) is 7.16. The molecule has 0 aromatic heterocycles. The maximum absolute atomic E-state index is 9.60. The summed E-state index contributed by atoms with van der Waals surface area (Å²) in [6, 6.07) is 1.75. The number of carboxylic acid groups (broad SMARTS) is 1. The van der Waals surface area contributed by atoms with Crippen LogP contribution < -0.4 is 0 Å². The highest BCUT2D eigenvalue weighted by atomic mass is 16.4. The molecule has 4 heteroatoms. The lowest BCUT2D eigenvalue weighted by Gasteiger charge is -1.79. The molecule has 0 heterocycles. The summed E-state index contributed by atoms with van der Waals surface area (Å²) in [7, 11) is 1.00. The predicted octanol–water partition coefficient (Wildman–Crippen LogP) is 1.01. The molecule has 4 nitrogen and oxygen atoms in total. The molecule has 0 fully saturated rings. The fourth-order valence-electron chi connectivity index (χ4n) is 0.214. The minimum atomic E-state index is -0.711. The highest BCUT2D eigenvalue weighted by molar-refractivity contribution is 5.66. The standard InChI is InChI=1S/C4H8O2.C2H3N.CH4O/c1-2-3-4(5)6;1-2-3;1-2/h2-3H2,1H3,(H,5,6);1H3;2H,1H3. The van der Waals surface area contributed by atoms with Gasteiger partial charge in [-0.15, -0.1) is 0 Å². The Balaban J connectivity index is -0.000000109. The van der Waals surface area contributed by atoms with Gasteiger partial charge in [-0.05, 0) is 6.42 Å². The van der Waals surface area contributed by atoms with Crippen molar-refractivity contribution in [1.82, 2.24) is 0 Å². The van der Waals surface area contributed by atoms with E-state index in [-0.39, 0.29) is 0 Å². The van der Waals surface area contributed by atoms with Gasteiger partial charge in [0.05, 0.1) is 6.07 Å². The van der Waals surface area contributed by atoms with Crippen molar-refractivity contribution in [2.75, 3.05) is 7.11 Å². The number of aliphatic carboxylic acids is 1. The van der Waals surface area contributed by atoms with E-state index in [0.717, 1.165) is 13.5 Å². The number of nitrogens with zero attached hydrogens (tertiary/aromatic N) is 1. The molecule has 0 atom stereocenters. The van der Waals surface area contributed by atoms with Crippen LogP contribution in [0.3, 0.4) is 0 Å². The summed E-state index contributed by atoms with van der Waals surface area (Å²) in [4.78, 5) is 9.60. The number of carboxylic acids is 1. The van der Waals surface area contributed by atoms with Crippen molar-refractivity contribution in [3.05, 3.63) is 0 Å². The van der Waals surface area contributed by atoms with Gasteiger partial charge in [-0.1, -0.05) is 6.92 Å². The number of nitriles is 1. The average Bonchev–Trinajstić information content (AvgIpc) is 1.93. The van der Waals surface area contributed by atoms with E-state index in [1.807, 2.05) is 6.92 Å². The Bertz CT molecular complexity index is 107. The van der Waals surface area contributed by atoms with Gasteiger partial charge in [0.25, 0.3) is 0 Å². The van der Waals surface area contributed by atoms with Crippen LogP contribution in [-0.2, 0) is 4.79 Å². The van der Waals surface area contributed by atoms with Gasteiger partial charge in [0, 0.05) is 20.5 Å². The second-order valence-corrected chi connectivity index (χ2v) is 1.37. The molecular weight excluding hydrogens is 146 g/mol. The van der Waals surface area contributed by atoms with Gasteiger partial charge < -0.3 is 10.2 Å². The summed E-state index contributed by atoms with van der Waals surface area (Å²) in [6.07, 6.45) is 1.02. The van der Waals surface area contributed by atoms with Gasteiger partial charge in [-0.25, -0.2) is 0 Å². The lowest BCUT2D eigenvalue weighted by atomic mass is 10.4. The molecule has 0 rings (SSSR count). The normalized spacial score (nSPS) is 5.73. The smallest absolute Gasteiger partial charge is 0.303 e. The molecule has 0 aliphatic heterocycles. The molecule has 0 radical (unpaired) electrons. The lowest BCUT2D eigenvalue weighted by molar-refractivity contribution is -0.137. The number of carbonyl (C=O) groups is 1. The summed E-state index contributed by atoms with van der Waals surface area (Å²) in [6.45, 7) is 3.27. The monoisotopic (exact) mass is 161 g/mol. The molecule has 0 unspecified atom stereocenters. The Hall–Kier alpha value is -1.08. The third-order valence-corrected chi connectivity index (χ3v) is 0.464. The second-order valence-electron chi connectivity index (χ2n) is 1.37. The second kappa shape index (κ2) is 23.1. The molecule has 0 aliphatic carbocycles. The fraction of sp³-hybridized carbons (Fsp3) is 0.714. The zero-order chi connectivity index (χ0) is 9.70. The zero-order valence-corrected chi connectivity index (χ0v) is 7.16. The molecule has 0 aromatic carbocycles. The van der Waals surface area contributed by atoms with Crippen LogP contribution in [-0.4, -0.2) is 23.3 Å². The van der Waals surface area contributed by atoms with E-state index in [0.29, 0.717) is 6.42 Å². The quantitative estimate of drug-likeness (QED) is 0.633. The van der Waals surface area contributed by atoms with E-state index in [9.17, 15) is 4.79 Å². The summed E-state index contributed by atoms with van der Waals surface area (Å²) in [5.41, 5.74) is 0. The summed E-state index contributed by atoms with van der Waals surface area (Å²) in [5.74, 6) is -0.711. The van der Waals surface area contributed by atoms with Crippen LogP contribution in [0.25, 0.3) is 0 Å². The van der Waals surface area contributed by atoms with Crippen LogP contribution in [0.15, 0.2) is 0 Å². The first-order chi connectivity index (χ1) is 5.18. The van der Waals surface area contributed by atoms with Crippen molar-refractivity contribution in [2.24, 2.45) is 0 Å². The van der Waals surface area contributed by atoms with Gasteiger partial charge >= 0.3 is 5.97 Å². The van der Waals surface area contributed by atoms with Crippen molar-refractivity contribution in [3.8, 4) is 6.07 Å². The maximum atomic E-state index is 9.60. The Morgan fingerprint density at radius 3 is 1.82 bits per heavy atom. The molecule has 0 saturated heterocycles.